The Labute approximate surface area is 178 Å². The average molecular weight is 444 g/mol. The summed E-state index contributed by atoms with van der Waals surface area (Å²) in [6.07, 6.45) is -3.08. The number of amides is 2. The van der Waals surface area contributed by atoms with E-state index in [0.717, 1.165) is 33.8 Å². The van der Waals surface area contributed by atoms with Gasteiger partial charge >= 0.3 is 6.18 Å². The van der Waals surface area contributed by atoms with Gasteiger partial charge in [-0.2, -0.15) is 18.3 Å². The molecule has 0 radical (unpaired) electrons. The van der Waals surface area contributed by atoms with E-state index >= 15 is 0 Å². The van der Waals surface area contributed by atoms with Crippen LogP contribution in [0.25, 0.3) is 0 Å². The summed E-state index contributed by atoms with van der Waals surface area (Å²) < 4.78 is 39.6. The van der Waals surface area contributed by atoms with Crippen molar-refractivity contribution in [2.45, 2.75) is 19.3 Å². The Hall–Kier alpha value is -4.09. The van der Waals surface area contributed by atoms with Crippen molar-refractivity contribution in [3.8, 4) is 0 Å². The van der Waals surface area contributed by atoms with Gasteiger partial charge in [-0.3, -0.25) is 14.6 Å². The van der Waals surface area contributed by atoms with Crippen molar-refractivity contribution in [2.24, 2.45) is 5.18 Å². The summed E-state index contributed by atoms with van der Waals surface area (Å²) >= 11 is 0. The van der Waals surface area contributed by atoms with Gasteiger partial charge in [0.1, 0.15) is 0 Å². The summed E-state index contributed by atoms with van der Waals surface area (Å²) in [5.41, 5.74) is 0.139. The molecule has 0 saturated carbocycles. The summed E-state index contributed by atoms with van der Waals surface area (Å²) in [4.78, 5) is 42.2. The van der Waals surface area contributed by atoms with E-state index in [1.165, 1.54) is 12.4 Å². The minimum absolute atomic E-state index is 0.0332. The number of hydrogen-bond acceptors (Lipinski definition) is 6. The maximum Gasteiger partial charge on any atom is 0.416 e. The topological polar surface area (TPSA) is 110 Å². The molecule has 2 aromatic heterocycles. The SMILES string of the molecule is Cc1ccc(C(=O)Nc2cnn3c2C(=O)N(c2ccc(C(F)(F)F)cc2)C[C@@H]3N=O)cn1. The number of carbonyl (C=O) groups is 2. The lowest BCUT2D eigenvalue weighted by Crippen LogP contribution is -2.43. The molecule has 1 aromatic carbocycles. The first kappa shape index (κ1) is 21.2. The molecule has 0 fully saturated rings. The Morgan fingerprint density at radius 1 is 1.16 bits per heavy atom. The minimum atomic E-state index is -4.53. The van der Waals surface area contributed by atoms with E-state index < -0.39 is 29.7 Å². The molecule has 0 aliphatic carbocycles. The van der Waals surface area contributed by atoms with E-state index in [2.05, 4.69) is 20.6 Å². The fraction of sp³-hybridized carbons (Fsp3) is 0.200. The quantitative estimate of drug-likeness (QED) is 0.616. The molecular weight excluding hydrogens is 429 g/mol. The maximum atomic E-state index is 13.1. The van der Waals surface area contributed by atoms with E-state index in [4.69, 9.17) is 0 Å². The molecule has 0 spiro atoms. The number of pyridine rings is 1. The Balaban J connectivity index is 1.66. The van der Waals surface area contributed by atoms with Gasteiger partial charge in [0.25, 0.3) is 11.8 Å². The standard InChI is InChI=1S/C20H15F3N6O3/c1-11-2-3-12(8-24-11)18(30)26-15-9-25-29-16(27-32)10-28(19(31)17(15)29)14-6-4-13(5-7-14)20(21,22)23/h2-9,16H,10H2,1H3,(H,26,30)/t16-/m1/s1. The third-order valence-corrected chi connectivity index (χ3v) is 4.92. The highest BCUT2D eigenvalue weighted by Crippen LogP contribution is 2.34. The van der Waals surface area contributed by atoms with Gasteiger partial charge in [0.15, 0.2) is 5.69 Å². The van der Waals surface area contributed by atoms with E-state index in [1.54, 1.807) is 19.1 Å². The van der Waals surface area contributed by atoms with Crippen molar-refractivity contribution < 1.29 is 22.8 Å². The number of fused-ring (bicyclic) bond motifs is 1. The van der Waals surface area contributed by atoms with Crippen molar-refractivity contribution in [3.63, 3.8) is 0 Å². The van der Waals surface area contributed by atoms with Gasteiger partial charge in [-0.15, -0.1) is 4.91 Å². The Morgan fingerprint density at radius 2 is 1.88 bits per heavy atom. The Morgan fingerprint density at radius 3 is 2.47 bits per heavy atom. The minimum Gasteiger partial charge on any atom is -0.319 e. The fourth-order valence-electron chi connectivity index (χ4n) is 3.27. The van der Waals surface area contributed by atoms with Gasteiger partial charge in [0.2, 0.25) is 6.17 Å². The largest absolute Gasteiger partial charge is 0.416 e. The summed E-state index contributed by atoms with van der Waals surface area (Å²) in [5, 5.41) is 9.52. The van der Waals surface area contributed by atoms with Crippen LogP contribution < -0.4 is 10.2 Å². The number of rotatable bonds is 4. The number of halogens is 3. The Kier molecular flexibility index (Phi) is 5.20. The van der Waals surface area contributed by atoms with Gasteiger partial charge in [0.05, 0.1) is 29.6 Å². The number of hydrogen-bond donors (Lipinski definition) is 1. The molecule has 0 saturated heterocycles. The number of nitrogens with one attached hydrogen (secondary N) is 1. The fourth-order valence-corrected chi connectivity index (χ4v) is 3.27. The molecule has 0 bridgehead atoms. The summed E-state index contributed by atoms with van der Waals surface area (Å²) in [6.45, 7) is 1.54. The normalized spacial score (nSPS) is 15.9. The van der Waals surface area contributed by atoms with E-state index in [-0.39, 0.29) is 29.2 Å². The monoisotopic (exact) mass is 444 g/mol. The maximum absolute atomic E-state index is 13.1. The molecule has 4 rings (SSSR count). The van der Waals surface area contributed by atoms with Gasteiger partial charge < -0.3 is 10.2 Å². The molecule has 1 atom stereocenters. The lowest BCUT2D eigenvalue weighted by Gasteiger charge is -2.30. The van der Waals surface area contributed by atoms with E-state index in [9.17, 15) is 27.7 Å². The molecule has 3 heterocycles. The second kappa shape index (κ2) is 7.87. The molecule has 0 unspecified atom stereocenters. The number of aryl methyl sites for hydroxylation is 1. The predicted octanol–water partition coefficient (Wildman–Crippen LogP) is 3.78. The summed E-state index contributed by atoms with van der Waals surface area (Å²) in [6, 6.07) is 7.14. The predicted molar refractivity (Wildman–Crippen MR) is 107 cm³/mol. The number of alkyl halides is 3. The lowest BCUT2D eigenvalue weighted by atomic mass is 10.1. The zero-order chi connectivity index (χ0) is 23.0. The number of aromatic nitrogens is 3. The first-order valence-corrected chi connectivity index (χ1v) is 9.32. The second-order valence-corrected chi connectivity index (χ2v) is 7.04. The molecule has 1 N–H and O–H groups in total. The lowest BCUT2D eigenvalue weighted by molar-refractivity contribution is -0.137. The van der Waals surface area contributed by atoms with Crippen LogP contribution in [0.5, 0.6) is 0 Å². The van der Waals surface area contributed by atoms with Crippen molar-refractivity contribution >= 4 is 23.2 Å². The van der Waals surface area contributed by atoms with Crippen LogP contribution in [0, 0.1) is 11.8 Å². The van der Waals surface area contributed by atoms with Gasteiger partial charge in [0, 0.05) is 17.6 Å². The molecule has 12 heteroatoms. The zero-order valence-electron chi connectivity index (χ0n) is 16.5. The average Bonchev–Trinajstić information content (AvgIpc) is 3.18. The first-order valence-electron chi connectivity index (χ1n) is 9.32. The van der Waals surface area contributed by atoms with Crippen molar-refractivity contribution in [1.82, 2.24) is 14.8 Å². The van der Waals surface area contributed by atoms with Crippen molar-refractivity contribution in [3.05, 3.63) is 76.2 Å². The van der Waals surface area contributed by atoms with Gasteiger partial charge in [-0.1, -0.05) is 0 Å². The van der Waals surface area contributed by atoms with Gasteiger partial charge in [-0.05, 0) is 48.5 Å². The van der Waals surface area contributed by atoms with Crippen LogP contribution in [0.1, 0.15) is 38.3 Å². The molecule has 1 aliphatic heterocycles. The van der Waals surface area contributed by atoms with E-state index in [0.29, 0.717) is 5.69 Å². The molecular formula is C20H15F3N6O3. The number of nitrogens with zero attached hydrogens (tertiary/aromatic N) is 5. The van der Waals surface area contributed by atoms with Crippen molar-refractivity contribution in [2.75, 3.05) is 16.8 Å². The third kappa shape index (κ3) is 3.82. The number of nitroso groups, excluding NO2 is 1. The van der Waals surface area contributed by atoms with Crippen LogP contribution in [-0.4, -0.2) is 33.1 Å². The van der Waals surface area contributed by atoms with Gasteiger partial charge in [-0.25, -0.2) is 4.68 Å². The highest BCUT2D eigenvalue weighted by Gasteiger charge is 2.37. The smallest absolute Gasteiger partial charge is 0.319 e. The van der Waals surface area contributed by atoms with Crippen molar-refractivity contribution in [1.29, 1.82) is 0 Å². The van der Waals surface area contributed by atoms with Crippen LogP contribution in [0.4, 0.5) is 24.5 Å². The Bertz CT molecular complexity index is 1190. The molecule has 3 aromatic rings. The summed E-state index contributed by atoms with van der Waals surface area (Å²) in [5.74, 6) is -1.21. The molecule has 9 nitrogen and oxygen atoms in total. The number of anilines is 2. The number of benzene rings is 1. The van der Waals surface area contributed by atoms with Crippen LogP contribution in [-0.2, 0) is 6.18 Å². The highest BCUT2D eigenvalue weighted by atomic mass is 19.4. The molecule has 32 heavy (non-hydrogen) atoms. The van der Waals surface area contributed by atoms with Crippen LogP contribution in [0.15, 0.2) is 54.0 Å². The van der Waals surface area contributed by atoms with Crippen LogP contribution in [0.3, 0.4) is 0 Å². The van der Waals surface area contributed by atoms with Crippen LogP contribution >= 0.6 is 0 Å². The first-order chi connectivity index (χ1) is 15.2. The molecule has 1 aliphatic rings. The second-order valence-electron chi connectivity index (χ2n) is 7.04. The van der Waals surface area contributed by atoms with E-state index in [1.807, 2.05) is 0 Å². The highest BCUT2D eigenvalue weighted by molar-refractivity contribution is 6.13. The van der Waals surface area contributed by atoms with Crippen LogP contribution in [0.2, 0.25) is 0 Å². The third-order valence-electron chi connectivity index (χ3n) is 4.92. The summed E-state index contributed by atoms with van der Waals surface area (Å²) in [7, 11) is 0. The molecule has 2 amide bonds. The zero-order valence-corrected chi connectivity index (χ0v) is 16.5. The molecule has 164 valence electrons. The number of carbonyl (C=O) groups excluding carboxylic acids is 2.